The summed E-state index contributed by atoms with van der Waals surface area (Å²) in [7, 11) is 0. The number of rotatable bonds is 4. The Hall–Kier alpha value is -6.88. The topological polar surface area (TPSA) is 38.0 Å². The Morgan fingerprint density at radius 3 is 1.62 bits per heavy atom. The fourth-order valence-corrected chi connectivity index (χ4v) is 7.32. The molecule has 9 rings (SSSR count). The number of hydrogen-bond donors (Lipinski definition) is 0. The van der Waals surface area contributed by atoms with Gasteiger partial charge in [0.25, 0.3) is 0 Å². The van der Waals surface area contributed by atoms with Crippen LogP contribution in [-0.2, 0) is 0 Å². The molecule has 4 heteroatoms. The summed E-state index contributed by atoms with van der Waals surface area (Å²) in [6.45, 7) is 7.61. The minimum atomic E-state index is 0.618. The van der Waals surface area contributed by atoms with Gasteiger partial charge < -0.3 is 9.13 Å². The summed E-state index contributed by atoms with van der Waals surface area (Å²) in [6.07, 6.45) is 0. The lowest BCUT2D eigenvalue weighted by Crippen LogP contribution is -2.00. The summed E-state index contributed by atoms with van der Waals surface area (Å²) in [5.74, 6) is 0. The van der Waals surface area contributed by atoms with Crippen molar-refractivity contribution in [2.75, 3.05) is 0 Å². The maximum Gasteiger partial charge on any atom is 0.188 e. The van der Waals surface area contributed by atoms with Crippen LogP contribution in [0.4, 0.5) is 5.69 Å². The molecule has 222 valence electrons. The van der Waals surface area contributed by atoms with Gasteiger partial charge in [-0.15, -0.1) is 0 Å². The third-order valence-electron chi connectivity index (χ3n) is 9.40. The number of benzene rings is 7. The van der Waals surface area contributed by atoms with Crippen molar-refractivity contribution in [1.29, 1.82) is 5.26 Å². The molecule has 0 N–H and O–H groups in total. The lowest BCUT2D eigenvalue weighted by Gasteiger charge is -2.18. The van der Waals surface area contributed by atoms with Gasteiger partial charge >= 0.3 is 0 Å². The molecule has 2 aromatic heterocycles. The first-order valence-electron chi connectivity index (χ1n) is 15.9. The average molecular weight is 611 g/mol. The molecule has 0 fully saturated rings. The van der Waals surface area contributed by atoms with Crippen molar-refractivity contribution in [2.24, 2.45) is 0 Å². The van der Waals surface area contributed by atoms with Crippen LogP contribution in [0.2, 0.25) is 0 Å². The Labute approximate surface area is 277 Å². The summed E-state index contributed by atoms with van der Waals surface area (Å²) < 4.78 is 4.53. The first kappa shape index (κ1) is 27.4. The van der Waals surface area contributed by atoms with Crippen LogP contribution in [0.1, 0.15) is 5.56 Å². The van der Waals surface area contributed by atoms with E-state index in [1.807, 2.05) is 18.2 Å². The van der Waals surface area contributed by atoms with Gasteiger partial charge in [-0.2, -0.15) is 5.26 Å². The van der Waals surface area contributed by atoms with E-state index >= 15 is 0 Å². The molecule has 48 heavy (non-hydrogen) atoms. The molecule has 0 saturated heterocycles. The van der Waals surface area contributed by atoms with Gasteiger partial charge in [-0.3, -0.25) is 0 Å². The first-order valence-corrected chi connectivity index (χ1v) is 15.9. The Morgan fingerprint density at radius 1 is 0.458 bits per heavy atom. The zero-order valence-electron chi connectivity index (χ0n) is 25.8. The van der Waals surface area contributed by atoms with Gasteiger partial charge in [-0.25, -0.2) is 4.85 Å². The van der Waals surface area contributed by atoms with Gasteiger partial charge in [0.05, 0.1) is 45.6 Å². The lowest BCUT2D eigenvalue weighted by molar-refractivity contribution is 1.17. The summed E-state index contributed by atoms with van der Waals surface area (Å²) in [5, 5.41) is 14.8. The van der Waals surface area contributed by atoms with Gasteiger partial charge in [0.2, 0.25) is 0 Å². The van der Waals surface area contributed by atoms with Crippen LogP contribution in [0.3, 0.4) is 0 Å². The molecule has 0 aliphatic carbocycles. The van der Waals surface area contributed by atoms with Gasteiger partial charge in [0, 0.05) is 21.7 Å². The highest BCUT2D eigenvalue weighted by molar-refractivity contribution is 6.11. The van der Waals surface area contributed by atoms with Crippen LogP contribution in [-0.4, -0.2) is 9.13 Å². The maximum absolute atomic E-state index is 10.3. The van der Waals surface area contributed by atoms with Crippen molar-refractivity contribution in [2.45, 2.75) is 0 Å². The molecule has 0 radical (unpaired) electrons. The van der Waals surface area contributed by atoms with E-state index in [9.17, 15) is 5.26 Å². The highest BCUT2D eigenvalue weighted by atomic mass is 15.0. The fraction of sp³-hybridized carbons (Fsp3) is 0. The Balaban J connectivity index is 1.29. The zero-order chi connectivity index (χ0) is 32.2. The predicted molar refractivity (Wildman–Crippen MR) is 197 cm³/mol. The molecule has 0 saturated carbocycles. The number of para-hydroxylation sites is 4. The number of hydrogen-bond acceptors (Lipinski definition) is 1. The summed E-state index contributed by atoms with van der Waals surface area (Å²) in [4.78, 5) is 3.71. The third-order valence-corrected chi connectivity index (χ3v) is 9.40. The van der Waals surface area contributed by atoms with Gasteiger partial charge in [-0.1, -0.05) is 109 Å². The predicted octanol–water partition coefficient (Wildman–Crippen LogP) is 11.6. The number of fused-ring (bicyclic) bond motifs is 6. The quantitative estimate of drug-likeness (QED) is 0.183. The average Bonchev–Trinajstić information content (AvgIpc) is 3.67. The number of nitrogens with zero attached hydrogens (tertiary/aromatic N) is 4. The van der Waals surface area contributed by atoms with E-state index in [2.05, 4.69) is 160 Å². The molecule has 9 aromatic rings. The van der Waals surface area contributed by atoms with Gasteiger partial charge in [-0.05, 0) is 70.6 Å². The summed E-state index contributed by atoms with van der Waals surface area (Å²) in [5.41, 5.74) is 11.7. The fourth-order valence-electron chi connectivity index (χ4n) is 7.32. The number of aromatic nitrogens is 2. The second kappa shape index (κ2) is 10.9. The van der Waals surface area contributed by atoms with E-state index in [4.69, 9.17) is 6.57 Å². The van der Waals surface area contributed by atoms with Crippen molar-refractivity contribution >= 4 is 49.3 Å². The van der Waals surface area contributed by atoms with E-state index in [1.165, 1.54) is 0 Å². The molecule has 0 aliphatic heterocycles. The van der Waals surface area contributed by atoms with E-state index in [0.717, 1.165) is 77.2 Å². The summed E-state index contributed by atoms with van der Waals surface area (Å²) in [6, 6.07) is 56.8. The molecule has 0 bridgehead atoms. The smallest absolute Gasteiger partial charge is 0.188 e. The normalized spacial score (nSPS) is 11.3. The van der Waals surface area contributed by atoms with E-state index in [1.54, 1.807) is 0 Å². The molecule has 0 aliphatic rings. The standard InChI is InChI=1S/C44H26N4/c1-46-31-24-25-43-38(27-31)37-17-7-11-21-42(37)47(43)39-18-8-4-14-34(39)33-13-3-2-12-32(33)29-22-23-30(28-45)44(26-29)48-40-19-9-5-15-35(40)36-16-6-10-20-41(36)48/h2-27H. The van der Waals surface area contributed by atoms with Gasteiger partial charge in [0.15, 0.2) is 5.69 Å². The molecular weight excluding hydrogens is 585 g/mol. The van der Waals surface area contributed by atoms with Crippen LogP contribution < -0.4 is 0 Å². The molecule has 4 nitrogen and oxygen atoms in total. The molecule has 0 unspecified atom stereocenters. The van der Waals surface area contributed by atoms with E-state index < -0.39 is 0 Å². The van der Waals surface area contributed by atoms with Crippen LogP contribution in [0.5, 0.6) is 0 Å². The Bertz CT molecular complexity index is 2760. The Kier molecular flexibility index (Phi) is 6.22. The lowest BCUT2D eigenvalue weighted by atomic mass is 9.92. The van der Waals surface area contributed by atoms with Crippen LogP contribution in [0.25, 0.3) is 82.1 Å². The van der Waals surface area contributed by atoms with Crippen molar-refractivity contribution in [3.63, 3.8) is 0 Å². The van der Waals surface area contributed by atoms with Crippen molar-refractivity contribution < 1.29 is 0 Å². The van der Waals surface area contributed by atoms with Crippen LogP contribution in [0.15, 0.2) is 158 Å². The second-order valence-electron chi connectivity index (χ2n) is 11.9. The van der Waals surface area contributed by atoms with E-state index in [-0.39, 0.29) is 0 Å². The van der Waals surface area contributed by atoms with Crippen molar-refractivity contribution in [3.8, 4) is 39.7 Å². The molecule has 0 atom stereocenters. The molecule has 0 amide bonds. The van der Waals surface area contributed by atoms with Crippen LogP contribution in [0, 0.1) is 17.9 Å². The Morgan fingerprint density at radius 2 is 0.979 bits per heavy atom. The molecule has 0 spiro atoms. The zero-order valence-corrected chi connectivity index (χ0v) is 25.8. The molecule has 7 aromatic carbocycles. The molecule has 2 heterocycles. The van der Waals surface area contributed by atoms with Crippen LogP contribution >= 0.6 is 0 Å². The minimum absolute atomic E-state index is 0.618. The minimum Gasteiger partial charge on any atom is -0.309 e. The van der Waals surface area contributed by atoms with Gasteiger partial charge in [0.1, 0.15) is 6.07 Å². The SMILES string of the molecule is [C-]#[N+]c1ccc2c(c1)c1ccccc1n2-c1ccccc1-c1ccccc1-c1ccc(C#N)c(-n2c3ccccc3c3ccccc32)c1. The highest BCUT2D eigenvalue weighted by Gasteiger charge is 2.19. The molecular formula is C44H26N4. The van der Waals surface area contributed by atoms with Crippen molar-refractivity contribution in [1.82, 2.24) is 9.13 Å². The van der Waals surface area contributed by atoms with E-state index in [0.29, 0.717) is 11.3 Å². The van der Waals surface area contributed by atoms with Crippen molar-refractivity contribution in [3.05, 3.63) is 175 Å². The maximum atomic E-state index is 10.3. The number of nitriles is 1. The first-order chi connectivity index (χ1) is 23.7. The monoisotopic (exact) mass is 610 g/mol. The largest absolute Gasteiger partial charge is 0.309 e. The second-order valence-corrected chi connectivity index (χ2v) is 11.9. The summed E-state index contributed by atoms with van der Waals surface area (Å²) >= 11 is 0. The third kappa shape index (κ3) is 4.07. The highest BCUT2D eigenvalue weighted by Crippen LogP contribution is 2.41.